The molecule has 2 heterocycles. The first-order valence-corrected chi connectivity index (χ1v) is 9.70. The fraction of sp³-hybridized carbons (Fsp3) is 0.476. The summed E-state index contributed by atoms with van der Waals surface area (Å²) < 4.78 is 0. The Morgan fingerprint density at radius 2 is 2.04 bits per heavy atom. The molecule has 1 unspecified atom stereocenters. The highest BCUT2D eigenvalue weighted by molar-refractivity contribution is 5.88. The lowest BCUT2D eigenvalue weighted by Gasteiger charge is -2.34. The van der Waals surface area contributed by atoms with Crippen molar-refractivity contribution in [2.75, 3.05) is 13.1 Å². The van der Waals surface area contributed by atoms with Crippen LogP contribution in [0.15, 0.2) is 36.4 Å². The fourth-order valence-electron chi connectivity index (χ4n) is 3.27. The van der Waals surface area contributed by atoms with E-state index < -0.39 is 6.04 Å². The molecular formula is C21H29N5O2. The molecule has 150 valence electrons. The minimum Gasteiger partial charge on any atom is -0.353 e. The van der Waals surface area contributed by atoms with Crippen molar-refractivity contribution in [1.29, 1.82) is 0 Å². The second-order valence-electron chi connectivity index (χ2n) is 8.27. The highest BCUT2D eigenvalue weighted by atomic mass is 16.2. The van der Waals surface area contributed by atoms with E-state index in [-0.39, 0.29) is 23.7 Å². The van der Waals surface area contributed by atoms with Crippen LogP contribution in [-0.2, 0) is 28.1 Å². The van der Waals surface area contributed by atoms with Gasteiger partial charge in [-0.25, -0.2) is 0 Å². The summed E-state index contributed by atoms with van der Waals surface area (Å²) in [6.07, 6.45) is 0.138. The zero-order chi connectivity index (χ0) is 20.1. The van der Waals surface area contributed by atoms with E-state index >= 15 is 0 Å². The summed E-state index contributed by atoms with van der Waals surface area (Å²) in [6, 6.07) is 11.5. The van der Waals surface area contributed by atoms with Gasteiger partial charge in [0.25, 0.3) is 0 Å². The number of carbonyl (C=O) groups is 2. The van der Waals surface area contributed by atoms with Crippen molar-refractivity contribution < 1.29 is 9.59 Å². The fourth-order valence-corrected chi connectivity index (χ4v) is 3.27. The Hall–Kier alpha value is -2.67. The van der Waals surface area contributed by atoms with Crippen LogP contribution in [-0.4, -0.2) is 46.0 Å². The smallest absolute Gasteiger partial charge is 0.237 e. The molecule has 1 aromatic heterocycles. The van der Waals surface area contributed by atoms with Gasteiger partial charge in [0.05, 0.1) is 30.4 Å². The van der Waals surface area contributed by atoms with Crippen molar-refractivity contribution >= 4 is 11.8 Å². The highest BCUT2D eigenvalue weighted by Gasteiger charge is 2.31. The third-order valence-corrected chi connectivity index (χ3v) is 4.92. The molecule has 1 atom stereocenters. The van der Waals surface area contributed by atoms with Crippen LogP contribution in [0, 0.1) is 0 Å². The average molecular weight is 383 g/mol. The van der Waals surface area contributed by atoms with E-state index in [1.165, 1.54) is 0 Å². The number of nitrogens with zero attached hydrogens (tertiary/aromatic N) is 2. The molecule has 0 aliphatic carbocycles. The molecule has 1 saturated heterocycles. The van der Waals surface area contributed by atoms with Gasteiger partial charge in [-0.1, -0.05) is 51.1 Å². The van der Waals surface area contributed by atoms with Crippen molar-refractivity contribution in [1.82, 2.24) is 25.7 Å². The maximum absolute atomic E-state index is 12.5. The summed E-state index contributed by atoms with van der Waals surface area (Å²) in [4.78, 5) is 26.9. The molecule has 28 heavy (non-hydrogen) atoms. The first kappa shape index (κ1) is 20.1. The standard InChI is InChI=1S/C21H29N5O2/c1-21(2,3)18-11-16(24-25-18)13-23-19(27)12-17-20(28)22-9-10-26(17)14-15-7-5-4-6-8-15/h4-8,11,17H,9-10,12-14H2,1-3H3,(H,22,28)(H,23,27)(H,24,25). The lowest BCUT2D eigenvalue weighted by Crippen LogP contribution is -2.56. The predicted octanol–water partition coefficient (Wildman–Crippen LogP) is 1.71. The molecule has 1 aliphatic rings. The predicted molar refractivity (Wildman–Crippen MR) is 107 cm³/mol. The van der Waals surface area contributed by atoms with Crippen LogP contribution in [0.1, 0.15) is 44.1 Å². The van der Waals surface area contributed by atoms with Crippen molar-refractivity contribution in [3.8, 4) is 0 Å². The van der Waals surface area contributed by atoms with Gasteiger partial charge in [0.2, 0.25) is 11.8 Å². The summed E-state index contributed by atoms with van der Waals surface area (Å²) in [6.45, 7) is 8.63. The molecule has 0 spiro atoms. The van der Waals surface area contributed by atoms with Crippen LogP contribution in [0.4, 0.5) is 0 Å². The molecule has 1 aromatic carbocycles. The normalized spacial score (nSPS) is 18.0. The summed E-state index contributed by atoms with van der Waals surface area (Å²) in [5.74, 6) is -0.235. The molecule has 1 aliphatic heterocycles. The van der Waals surface area contributed by atoms with E-state index in [4.69, 9.17) is 0 Å². The maximum Gasteiger partial charge on any atom is 0.237 e. The Balaban J connectivity index is 1.57. The molecule has 0 bridgehead atoms. The van der Waals surface area contributed by atoms with E-state index in [1.807, 2.05) is 36.4 Å². The third-order valence-electron chi connectivity index (χ3n) is 4.92. The number of carbonyl (C=O) groups excluding carboxylic acids is 2. The SMILES string of the molecule is CC(C)(C)c1cc(CNC(=O)CC2C(=O)NCCN2Cc2ccccc2)[nH]n1. The van der Waals surface area contributed by atoms with Gasteiger partial charge >= 0.3 is 0 Å². The Morgan fingerprint density at radius 1 is 1.29 bits per heavy atom. The number of aromatic amines is 1. The van der Waals surface area contributed by atoms with Crippen LogP contribution in [0.25, 0.3) is 0 Å². The second kappa shape index (κ2) is 8.56. The number of rotatable bonds is 6. The lowest BCUT2D eigenvalue weighted by molar-refractivity contribution is -0.134. The average Bonchev–Trinajstić information content (AvgIpc) is 3.13. The number of aromatic nitrogens is 2. The molecular weight excluding hydrogens is 354 g/mol. The second-order valence-corrected chi connectivity index (χ2v) is 8.27. The van der Waals surface area contributed by atoms with Gasteiger partial charge in [-0.2, -0.15) is 5.10 Å². The van der Waals surface area contributed by atoms with E-state index in [2.05, 4.69) is 46.5 Å². The number of nitrogens with one attached hydrogen (secondary N) is 3. The Labute approximate surface area is 165 Å². The van der Waals surface area contributed by atoms with Gasteiger partial charge in [0, 0.05) is 25.0 Å². The summed E-state index contributed by atoms with van der Waals surface area (Å²) in [5.41, 5.74) is 2.90. The van der Waals surface area contributed by atoms with Gasteiger partial charge in [-0.15, -0.1) is 0 Å². The first-order chi connectivity index (χ1) is 13.3. The van der Waals surface area contributed by atoms with Crippen LogP contribution in [0.2, 0.25) is 0 Å². The first-order valence-electron chi connectivity index (χ1n) is 9.70. The Bertz CT molecular complexity index is 810. The van der Waals surface area contributed by atoms with Crippen LogP contribution in [0.5, 0.6) is 0 Å². The van der Waals surface area contributed by atoms with Crippen molar-refractivity contribution in [2.24, 2.45) is 0 Å². The number of benzene rings is 1. The molecule has 0 radical (unpaired) electrons. The van der Waals surface area contributed by atoms with Gasteiger partial charge in [-0.3, -0.25) is 19.6 Å². The molecule has 7 nitrogen and oxygen atoms in total. The molecule has 3 N–H and O–H groups in total. The van der Waals surface area contributed by atoms with Gasteiger partial charge in [0.15, 0.2) is 0 Å². The molecule has 2 amide bonds. The number of piperazine rings is 1. The quantitative estimate of drug-likeness (QED) is 0.708. The van der Waals surface area contributed by atoms with E-state index in [9.17, 15) is 9.59 Å². The van der Waals surface area contributed by atoms with Gasteiger partial charge in [0.1, 0.15) is 0 Å². The molecule has 0 saturated carbocycles. The summed E-state index contributed by atoms with van der Waals surface area (Å²) in [5, 5.41) is 13.0. The summed E-state index contributed by atoms with van der Waals surface area (Å²) in [7, 11) is 0. The van der Waals surface area contributed by atoms with Crippen LogP contribution < -0.4 is 10.6 Å². The van der Waals surface area contributed by atoms with Crippen molar-refractivity contribution in [3.05, 3.63) is 53.3 Å². The zero-order valence-corrected chi connectivity index (χ0v) is 16.8. The van der Waals surface area contributed by atoms with Gasteiger partial charge < -0.3 is 10.6 Å². The number of hydrogen-bond acceptors (Lipinski definition) is 4. The van der Waals surface area contributed by atoms with Crippen LogP contribution >= 0.6 is 0 Å². The van der Waals surface area contributed by atoms with E-state index in [0.29, 0.717) is 19.6 Å². The molecule has 7 heteroatoms. The third kappa shape index (κ3) is 5.19. The zero-order valence-electron chi connectivity index (χ0n) is 16.8. The molecule has 3 rings (SSSR count). The van der Waals surface area contributed by atoms with Crippen molar-refractivity contribution in [3.63, 3.8) is 0 Å². The van der Waals surface area contributed by atoms with Gasteiger partial charge in [-0.05, 0) is 11.6 Å². The molecule has 1 fully saturated rings. The van der Waals surface area contributed by atoms with E-state index in [1.54, 1.807) is 0 Å². The topological polar surface area (TPSA) is 90.1 Å². The van der Waals surface area contributed by atoms with E-state index in [0.717, 1.165) is 23.5 Å². The minimum atomic E-state index is -0.458. The number of amides is 2. The summed E-state index contributed by atoms with van der Waals surface area (Å²) >= 11 is 0. The Kier molecular flexibility index (Phi) is 6.14. The number of hydrogen-bond donors (Lipinski definition) is 3. The maximum atomic E-state index is 12.5. The van der Waals surface area contributed by atoms with Crippen LogP contribution in [0.3, 0.4) is 0 Å². The number of H-pyrrole nitrogens is 1. The molecule has 2 aromatic rings. The lowest BCUT2D eigenvalue weighted by atomic mass is 9.92. The highest BCUT2D eigenvalue weighted by Crippen LogP contribution is 2.20. The Morgan fingerprint density at radius 3 is 2.71 bits per heavy atom. The minimum absolute atomic E-state index is 0.0448. The monoisotopic (exact) mass is 383 g/mol. The largest absolute Gasteiger partial charge is 0.353 e. The van der Waals surface area contributed by atoms with Crippen molar-refractivity contribution in [2.45, 2.75) is 51.7 Å².